The third-order valence-corrected chi connectivity index (χ3v) is 6.33. The fourth-order valence-electron chi connectivity index (χ4n) is 2.31. The van der Waals surface area contributed by atoms with Crippen LogP contribution in [0.3, 0.4) is 0 Å². The minimum absolute atomic E-state index is 0.353. The lowest BCUT2D eigenvalue weighted by atomic mass is 10.2. The topological polar surface area (TPSA) is 63.4 Å². The minimum atomic E-state index is -3.56. The van der Waals surface area contributed by atoms with Gasteiger partial charge in [0.25, 0.3) is 0 Å². The van der Waals surface area contributed by atoms with Gasteiger partial charge in [-0.25, -0.2) is 8.42 Å². The lowest BCUT2D eigenvalue weighted by Gasteiger charge is -2.23. The number of rotatable bonds is 8. The highest BCUT2D eigenvalue weighted by molar-refractivity contribution is 7.99. The summed E-state index contributed by atoms with van der Waals surface area (Å²) < 4.78 is 27.7. The molecule has 0 unspecified atom stereocenters. The van der Waals surface area contributed by atoms with E-state index in [9.17, 15) is 8.42 Å². The van der Waals surface area contributed by atoms with Crippen LogP contribution in [-0.4, -0.2) is 32.1 Å². The van der Waals surface area contributed by atoms with Gasteiger partial charge in [-0.2, -0.15) is 4.31 Å². The maximum absolute atomic E-state index is 13.1. The lowest BCUT2D eigenvalue weighted by molar-refractivity contribution is 0.400. The summed E-state index contributed by atoms with van der Waals surface area (Å²) in [5.41, 5.74) is 6.55. The van der Waals surface area contributed by atoms with Crippen LogP contribution in [0.2, 0.25) is 0 Å². The Morgan fingerprint density at radius 3 is 2.35 bits per heavy atom. The molecule has 0 aromatic heterocycles. The third-order valence-electron chi connectivity index (χ3n) is 3.50. The molecular weight excluding hydrogens is 328 g/mol. The van der Waals surface area contributed by atoms with E-state index in [4.69, 9.17) is 5.73 Å². The molecule has 0 aliphatic rings. The molecule has 0 spiro atoms. The first-order valence-corrected chi connectivity index (χ1v) is 10.1. The van der Waals surface area contributed by atoms with Gasteiger partial charge in [-0.05, 0) is 36.9 Å². The second kappa shape index (κ2) is 8.49. The predicted molar refractivity (Wildman–Crippen MR) is 95.9 cm³/mol. The SMILES string of the molecule is CSc1ccccc1S(=O)(=O)N(CCCN)Cc1ccccc1. The van der Waals surface area contributed by atoms with Crippen LogP contribution in [0, 0.1) is 0 Å². The van der Waals surface area contributed by atoms with Crippen molar-refractivity contribution >= 4 is 21.8 Å². The molecule has 23 heavy (non-hydrogen) atoms. The fraction of sp³-hybridized carbons (Fsp3) is 0.294. The van der Waals surface area contributed by atoms with Gasteiger partial charge in [0.15, 0.2) is 0 Å². The maximum atomic E-state index is 13.1. The molecular formula is C17H22N2O2S2. The Labute approximate surface area is 142 Å². The first-order valence-electron chi connectivity index (χ1n) is 7.46. The fourth-order valence-corrected chi connectivity index (χ4v) is 4.90. The van der Waals surface area contributed by atoms with Crippen molar-refractivity contribution in [2.24, 2.45) is 5.73 Å². The molecule has 2 N–H and O–H groups in total. The average Bonchev–Trinajstić information content (AvgIpc) is 2.59. The number of thioether (sulfide) groups is 1. The summed E-state index contributed by atoms with van der Waals surface area (Å²) in [6, 6.07) is 16.7. The van der Waals surface area contributed by atoms with Crippen molar-refractivity contribution < 1.29 is 8.42 Å². The standard InChI is InChI=1S/C17H22N2O2S2/c1-22-16-10-5-6-11-17(16)23(20,21)19(13-7-12-18)14-15-8-3-2-4-9-15/h2-6,8-11H,7,12-14,18H2,1H3. The minimum Gasteiger partial charge on any atom is -0.330 e. The number of nitrogens with zero attached hydrogens (tertiary/aromatic N) is 1. The molecule has 124 valence electrons. The smallest absolute Gasteiger partial charge is 0.244 e. The Morgan fingerprint density at radius 2 is 1.70 bits per heavy atom. The normalized spacial score (nSPS) is 11.8. The van der Waals surface area contributed by atoms with E-state index < -0.39 is 10.0 Å². The van der Waals surface area contributed by atoms with E-state index in [1.54, 1.807) is 12.1 Å². The summed E-state index contributed by atoms with van der Waals surface area (Å²) in [5.74, 6) is 0. The van der Waals surface area contributed by atoms with Crippen molar-refractivity contribution in [3.05, 3.63) is 60.2 Å². The van der Waals surface area contributed by atoms with Crippen LogP contribution >= 0.6 is 11.8 Å². The molecule has 0 fully saturated rings. The summed E-state index contributed by atoms with van der Waals surface area (Å²) >= 11 is 1.44. The van der Waals surface area contributed by atoms with Gasteiger partial charge in [-0.1, -0.05) is 42.5 Å². The van der Waals surface area contributed by atoms with Gasteiger partial charge in [-0.15, -0.1) is 11.8 Å². The highest BCUT2D eigenvalue weighted by Crippen LogP contribution is 2.28. The molecule has 0 amide bonds. The second-order valence-corrected chi connectivity index (χ2v) is 7.87. The van der Waals surface area contributed by atoms with Gasteiger partial charge in [0.1, 0.15) is 0 Å². The monoisotopic (exact) mass is 350 g/mol. The van der Waals surface area contributed by atoms with Gasteiger partial charge in [0.2, 0.25) is 10.0 Å². The maximum Gasteiger partial charge on any atom is 0.244 e. The molecule has 2 aromatic carbocycles. The number of hydrogen-bond acceptors (Lipinski definition) is 4. The number of hydrogen-bond donors (Lipinski definition) is 1. The quantitative estimate of drug-likeness (QED) is 0.744. The van der Waals surface area contributed by atoms with E-state index in [2.05, 4.69) is 0 Å². The molecule has 0 atom stereocenters. The van der Waals surface area contributed by atoms with Crippen LogP contribution in [0.1, 0.15) is 12.0 Å². The molecule has 0 saturated heterocycles. The van der Waals surface area contributed by atoms with Gasteiger partial charge in [-0.3, -0.25) is 0 Å². The first kappa shape index (κ1) is 18.0. The van der Waals surface area contributed by atoms with Gasteiger partial charge in [0, 0.05) is 18.0 Å². The molecule has 0 heterocycles. The lowest BCUT2D eigenvalue weighted by Crippen LogP contribution is -2.33. The first-order chi connectivity index (χ1) is 11.1. The van der Waals surface area contributed by atoms with Crippen molar-refractivity contribution in [1.82, 2.24) is 4.31 Å². The highest BCUT2D eigenvalue weighted by Gasteiger charge is 2.26. The third kappa shape index (κ3) is 4.57. The van der Waals surface area contributed by atoms with Crippen LogP contribution in [-0.2, 0) is 16.6 Å². The van der Waals surface area contributed by atoms with Gasteiger partial charge in [0.05, 0.1) is 4.90 Å². The van der Waals surface area contributed by atoms with E-state index in [-0.39, 0.29) is 0 Å². The summed E-state index contributed by atoms with van der Waals surface area (Å²) in [7, 11) is -3.56. The molecule has 6 heteroatoms. The van der Waals surface area contributed by atoms with Gasteiger partial charge >= 0.3 is 0 Å². The predicted octanol–water partition coefficient (Wildman–Crippen LogP) is 2.95. The summed E-state index contributed by atoms with van der Waals surface area (Å²) in [5, 5.41) is 0. The number of nitrogens with two attached hydrogens (primary N) is 1. The molecule has 4 nitrogen and oxygen atoms in total. The van der Waals surface area contributed by atoms with Crippen LogP contribution < -0.4 is 5.73 Å². The van der Waals surface area contributed by atoms with E-state index in [0.29, 0.717) is 31.0 Å². The van der Waals surface area contributed by atoms with Crippen LogP contribution in [0.5, 0.6) is 0 Å². The Kier molecular flexibility index (Phi) is 6.65. The molecule has 2 rings (SSSR count). The number of sulfonamides is 1. The zero-order chi connectivity index (χ0) is 16.7. The Bertz CT molecular complexity index is 718. The van der Waals surface area contributed by atoms with Crippen molar-refractivity contribution in [2.45, 2.75) is 22.8 Å². The van der Waals surface area contributed by atoms with Crippen molar-refractivity contribution in [3.8, 4) is 0 Å². The van der Waals surface area contributed by atoms with Crippen LogP contribution in [0.4, 0.5) is 0 Å². The largest absolute Gasteiger partial charge is 0.330 e. The zero-order valence-electron chi connectivity index (χ0n) is 13.2. The van der Waals surface area contributed by atoms with E-state index in [1.807, 2.05) is 48.7 Å². The molecule has 0 bridgehead atoms. The van der Waals surface area contributed by atoms with E-state index >= 15 is 0 Å². The molecule has 2 aromatic rings. The Balaban J connectivity index is 2.36. The summed E-state index contributed by atoms with van der Waals surface area (Å²) in [6.45, 7) is 1.23. The Morgan fingerprint density at radius 1 is 1.04 bits per heavy atom. The van der Waals surface area contributed by atoms with Crippen molar-refractivity contribution in [2.75, 3.05) is 19.3 Å². The van der Waals surface area contributed by atoms with Gasteiger partial charge < -0.3 is 5.73 Å². The summed E-state index contributed by atoms with van der Waals surface area (Å²) in [6.07, 6.45) is 2.52. The Hall–Kier alpha value is -1.34. The van der Waals surface area contributed by atoms with Crippen LogP contribution in [0.25, 0.3) is 0 Å². The van der Waals surface area contributed by atoms with E-state index in [1.165, 1.54) is 16.1 Å². The van der Waals surface area contributed by atoms with Crippen molar-refractivity contribution in [3.63, 3.8) is 0 Å². The molecule has 0 aliphatic carbocycles. The molecule has 0 saturated carbocycles. The highest BCUT2D eigenvalue weighted by atomic mass is 32.2. The van der Waals surface area contributed by atoms with Crippen LogP contribution in [0.15, 0.2) is 64.4 Å². The molecule has 0 aliphatic heterocycles. The molecule has 0 radical (unpaired) electrons. The summed E-state index contributed by atoms with van der Waals surface area (Å²) in [4.78, 5) is 1.12. The number of benzene rings is 2. The average molecular weight is 351 g/mol. The van der Waals surface area contributed by atoms with E-state index in [0.717, 1.165) is 10.5 Å². The zero-order valence-corrected chi connectivity index (χ0v) is 14.8. The second-order valence-electron chi connectivity index (χ2n) is 5.12. The van der Waals surface area contributed by atoms with Crippen molar-refractivity contribution in [1.29, 1.82) is 0 Å².